The number of carboxylic acid groups (broad SMARTS) is 1. The molecule has 1 aromatic carbocycles. The highest BCUT2D eigenvalue weighted by Gasteiger charge is 2.34. The van der Waals surface area contributed by atoms with Crippen molar-refractivity contribution in [1.29, 1.82) is 0 Å². The van der Waals surface area contributed by atoms with Crippen LogP contribution in [-0.2, 0) is 4.79 Å². The zero-order chi connectivity index (χ0) is 14.5. The van der Waals surface area contributed by atoms with E-state index in [0.717, 1.165) is 18.8 Å². The van der Waals surface area contributed by atoms with Crippen LogP contribution in [0.25, 0.3) is 0 Å². The molecule has 5 nitrogen and oxygen atoms in total. The van der Waals surface area contributed by atoms with Crippen molar-refractivity contribution in [2.24, 2.45) is 11.8 Å². The summed E-state index contributed by atoms with van der Waals surface area (Å²) in [6.45, 7) is 4.66. The summed E-state index contributed by atoms with van der Waals surface area (Å²) in [7, 11) is 1.61. The van der Waals surface area contributed by atoms with E-state index in [1.165, 1.54) is 0 Å². The fraction of sp³-hybridized carbons (Fsp3) is 0.533. The van der Waals surface area contributed by atoms with Crippen molar-refractivity contribution in [3.63, 3.8) is 0 Å². The summed E-state index contributed by atoms with van der Waals surface area (Å²) in [5, 5.41) is 9.10. The average Bonchev–Trinajstić information content (AvgIpc) is 2.80. The van der Waals surface area contributed by atoms with Gasteiger partial charge in [0.05, 0.1) is 13.0 Å². The predicted molar refractivity (Wildman–Crippen MR) is 75.2 cm³/mol. The molecule has 1 heterocycles. The number of rotatable bonds is 6. The summed E-state index contributed by atoms with van der Waals surface area (Å²) < 4.78 is 10.9. The first kappa shape index (κ1) is 14.7. The number of ether oxygens (including phenoxy) is 2. The van der Waals surface area contributed by atoms with E-state index in [2.05, 4.69) is 4.90 Å². The fourth-order valence-corrected chi connectivity index (χ4v) is 2.59. The summed E-state index contributed by atoms with van der Waals surface area (Å²) in [5.74, 6) is 0.661. The number of para-hydroxylation sites is 2. The Morgan fingerprint density at radius 2 is 2.05 bits per heavy atom. The quantitative estimate of drug-likeness (QED) is 0.859. The summed E-state index contributed by atoms with van der Waals surface area (Å²) in [5.41, 5.74) is 0. The molecule has 0 spiro atoms. The molecule has 1 aliphatic rings. The SMILES string of the molecule is COc1ccccc1OCCN1CC(C)C(C(=O)O)C1. The first-order valence-electron chi connectivity index (χ1n) is 6.82. The normalized spacial score (nSPS) is 22.7. The van der Waals surface area contributed by atoms with Crippen LogP contribution in [0.15, 0.2) is 24.3 Å². The highest BCUT2D eigenvalue weighted by atomic mass is 16.5. The topological polar surface area (TPSA) is 59.0 Å². The molecular weight excluding hydrogens is 258 g/mol. The molecule has 0 radical (unpaired) electrons. The Labute approximate surface area is 119 Å². The highest BCUT2D eigenvalue weighted by Crippen LogP contribution is 2.26. The van der Waals surface area contributed by atoms with Gasteiger partial charge in [0.25, 0.3) is 0 Å². The molecule has 2 rings (SSSR count). The van der Waals surface area contributed by atoms with Crippen molar-refractivity contribution < 1.29 is 19.4 Å². The molecule has 0 aliphatic carbocycles. The summed E-state index contributed by atoms with van der Waals surface area (Å²) in [4.78, 5) is 13.2. The number of hydrogen-bond acceptors (Lipinski definition) is 4. The van der Waals surface area contributed by atoms with Crippen LogP contribution in [0.3, 0.4) is 0 Å². The molecule has 2 atom stereocenters. The Morgan fingerprint density at radius 3 is 2.65 bits per heavy atom. The van der Waals surface area contributed by atoms with Gasteiger partial charge in [-0.25, -0.2) is 0 Å². The minimum atomic E-state index is -0.703. The molecule has 1 aromatic rings. The number of benzene rings is 1. The number of carboxylic acids is 1. The second-order valence-electron chi connectivity index (χ2n) is 5.18. The Hall–Kier alpha value is -1.75. The van der Waals surface area contributed by atoms with E-state index in [4.69, 9.17) is 14.6 Å². The molecule has 1 N–H and O–H groups in total. The van der Waals surface area contributed by atoms with Crippen molar-refractivity contribution in [2.45, 2.75) is 6.92 Å². The lowest BCUT2D eigenvalue weighted by Gasteiger charge is -2.16. The first-order chi connectivity index (χ1) is 9.61. The minimum Gasteiger partial charge on any atom is -0.493 e. The van der Waals surface area contributed by atoms with Gasteiger partial charge in [0.1, 0.15) is 6.61 Å². The van der Waals surface area contributed by atoms with Gasteiger partial charge in [-0.3, -0.25) is 9.69 Å². The Kier molecular flexibility index (Phi) is 4.84. The number of likely N-dealkylation sites (tertiary alicyclic amines) is 1. The molecular formula is C15H21NO4. The fourth-order valence-electron chi connectivity index (χ4n) is 2.59. The van der Waals surface area contributed by atoms with Gasteiger partial charge in [-0.2, -0.15) is 0 Å². The van der Waals surface area contributed by atoms with Crippen LogP contribution in [0.5, 0.6) is 11.5 Å². The monoisotopic (exact) mass is 279 g/mol. The molecule has 0 amide bonds. The van der Waals surface area contributed by atoms with Crippen LogP contribution >= 0.6 is 0 Å². The van der Waals surface area contributed by atoms with Crippen LogP contribution in [0.2, 0.25) is 0 Å². The maximum absolute atomic E-state index is 11.1. The molecule has 20 heavy (non-hydrogen) atoms. The average molecular weight is 279 g/mol. The Balaban J connectivity index is 1.81. The lowest BCUT2D eigenvalue weighted by molar-refractivity contribution is -0.142. The summed E-state index contributed by atoms with van der Waals surface area (Å²) >= 11 is 0. The number of carbonyl (C=O) groups is 1. The van der Waals surface area contributed by atoms with Crippen LogP contribution in [-0.4, -0.2) is 49.3 Å². The molecule has 110 valence electrons. The van der Waals surface area contributed by atoms with E-state index in [1.807, 2.05) is 31.2 Å². The minimum absolute atomic E-state index is 0.193. The van der Waals surface area contributed by atoms with Crippen molar-refractivity contribution in [1.82, 2.24) is 4.90 Å². The second kappa shape index (κ2) is 6.61. The molecule has 0 saturated carbocycles. The van der Waals surface area contributed by atoms with Gasteiger partial charge in [-0.05, 0) is 18.1 Å². The van der Waals surface area contributed by atoms with Gasteiger partial charge < -0.3 is 14.6 Å². The second-order valence-corrected chi connectivity index (χ2v) is 5.18. The van der Waals surface area contributed by atoms with Crippen molar-refractivity contribution in [2.75, 3.05) is 33.4 Å². The van der Waals surface area contributed by atoms with E-state index in [0.29, 0.717) is 18.9 Å². The molecule has 5 heteroatoms. The van der Waals surface area contributed by atoms with Gasteiger partial charge in [0.15, 0.2) is 11.5 Å². The van der Waals surface area contributed by atoms with Gasteiger partial charge in [0, 0.05) is 19.6 Å². The zero-order valence-electron chi connectivity index (χ0n) is 11.9. The third-order valence-electron chi connectivity index (χ3n) is 3.74. The molecule has 0 aromatic heterocycles. The van der Waals surface area contributed by atoms with Crippen molar-refractivity contribution in [3.8, 4) is 11.5 Å². The molecule has 1 fully saturated rings. The van der Waals surface area contributed by atoms with E-state index < -0.39 is 5.97 Å². The van der Waals surface area contributed by atoms with Crippen LogP contribution in [0.4, 0.5) is 0 Å². The predicted octanol–water partition coefficient (Wildman–Crippen LogP) is 1.73. The standard InChI is InChI=1S/C15H21NO4/c1-11-9-16(10-12(11)15(17)18)7-8-20-14-6-4-3-5-13(14)19-2/h3-6,11-12H,7-10H2,1-2H3,(H,17,18). The third kappa shape index (κ3) is 3.42. The van der Waals surface area contributed by atoms with Crippen LogP contribution in [0, 0.1) is 11.8 Å². The third-order valence-corrected chi connectivity index (χ3v) is 3.74. The first-order valence-corrected chi connectivity index (χ1v) is 6.82. The number of nitrogens with zero attached hydrogens (tertiary/aromatic N) is 1. The van der Waals surface area contributed by atoms with E-state index in [9.17, 15) is 4.79 Å². The van der Waals surface area contributed by atoms with E-state index in [1.54, 1.807) is 7.11 Å². The molecule has 0 bridgehead atoms. The van der Waals surface area contributed by atoms with Crippen molar-refractivity contribution in [3.05, 3.63) is 24.3 Å². The maximum Gasteiger partial charge on any atom is 0.308 e. The number of methoxy groups -OCH3 is 1. The van der Waals surface area contributed by atoms with Gasteiger partial charge in [0.2, 0.25) is 0 Å². The van der Waals surface area contributed by atoms with E-state index >= 15 is 0 Å². The Bertz CT molecular complexity index is 463. The van der Waals surface area contributed by atoms with Gasteiger partial charge in [-0.15, -0.1) is 0 Å². The number of hydrogen-bond donors (Lipinski definition) is 1. The van der Waals surface area contributed by atoms with Gasteiger partial charge in [-0.1, -0.05) is 19.1 Å². The Morgan fingerprint density at radius 1 is 1.35 bits per heavy atom. The largest absolute Gasteiger partial charge is 0.493 e. The van der Waals surface area contributed by atoms with E-state index in [-0.39, 0.29) is 11.8 Å². The van der Waals surface area contributed by atoms with Gasteiger partial charge >= 0.3 is 5.97 Å². The zero-order valence-corrected chi connectivity index (χ0v) is 11.9. The summed E-state index contributed by atoms with van der Waals surface area (Å²) in [6.07, 6.45) is 0. The summed E-state index contributed by atoms with van der Waals surface area (Å²) in [6, 6.07) is 7.51. The number of aliphatic carboxylic acids is 1. The maximum atomic E-state index is 11.1. The lowest BCUT2D eigenvalue weighted by Crippen LogP contribution is -2.27. The van der Waals surface area contributed by atoms with Crippen LogP contribution < -0.4 is 9.47 Å². The van der Waals surface area contributed by atoms with Crippen LogP contribution in [0.1, 0.15) is 6.92 Å². The molecule has 2 unspecified atom stereocenters. The highest BCUT2D eigenvalue weighted by molar-refractivity contribution is 5.71. The van der Waals surface area contributed by atoms with Crippen molar-refractivity contribution >= 4 is 5.97 Å². The smallest absolute Gasteiger partial charge is 0.308 e. The molecule has 1 saturated heterocycles. The molecule has 1 aliphatic heterocycles. The lowest BCUT2D eigenvalue weighted by atomic mass is 9.99.